The number of aromatic nitrogens is 1. The monoisotopic (exact) mass is 201 g/mol. The van der Waals surface area contributed by atoms with Crippen LogP contribution in [0.2, 0.25) is 0 Å². The number of nitrogens with zero attached hydrogens (tertiary/aromatic N) is 1. The summed E-state index contributed by atoms with van der Waals surface area (Å²) < 4.78 is 5.49. The maximum Gasteiger partial charge on any atom is 0.195 e. The van der Waals surface area contributed by atoms with Crippen LogP contribution in [0.25, 0.3) is 11.1 Å². The van der Waals surface area contributed by atoms with E-state index in [9.17, 15) is 4.79 Å². The molecule has 0 saturated carbocycles. The third kappa shape index (κ3) is 1.96. The Balaban J connectivity index is 2.37. The number of benzene rings is 1. The van der Waals surface area contributed by atoms with Crippen LogP contribution in [-0.4, -0.2) is 11.3 Å². The number of oxazole rings is 1. The van der Waals surface area contributed by atoms with Crippen molar-refractivity contribution < 1.29 is 9.21 Å². The molecule has 1 heterocycles. The first kappa shape index (κ1) is 9.65. The molecular weight excluding hydrogens is 190 g/mol. The van der Waals surface area contributed by atoms with Crippen molar-refractivity contribution in [3.05, 3.63) is 42.3 Å². The SMILES string of the molecule is C=CCCc1nc2ccc(C=O)cc2o1. The molecule has 0 amide bonds. The average molecular weight is 201 g/mol. The fourth-order valence-electron chi connectivity index (χ4n) is 1.39. The lowest BCUT2D eigenvalue weighted by molar-refractivity contribution is 0.112. The zero-order valence-electron chi connectivity index (χ0n) is 8.27. The first-order chi connectivity index (χ1) is 7.33. The van der Waals surface area contributed by atoms with E-state index in [0.717, 1.165) is 24.6 Å². The van der Waals surface area contributed by atoms with Crippen molar-refractivity contribution in [3.8, 4) is 0 Å². The number of rotatable bonds is 4. The molecule has 3 heteroatoms. The maximum atomic E-state index is 10.6. The number of hydrogen-bond acceptors (Lipinski definition) is 3. The molecule has 15 heavy (non-hydrogen) atoms. The maximum absolute atomic E-state index is 10.6. The van der Waals surface area contributed by atoms with Gasteiger partial charge in [-0.05, 0) is 24.6 Å². The number of carbonyl (C=O) groups is 1. The van der Waals surface area contributed by atoms with Crippen molar-refractivity contribution in [2.24, 2.45) is 0 Å². The molecule has 0 aliphatic heterocycles. The minimum Gasteiger partial charge on any atom is -0.441 e. The molecule has 0 N–H and O–H groups in total. The van der Waals surface area contributed by atoms with Crippen LogP contribution in [0.3, 0.4) is 0 Å². The van der Waals surface area contributed by atoms with Gasteiger partial charge in [-0.1, -0.05) is 6.08 Å². The van der Waals surface area contributed by atoms with Crippen molar-refractivity contribution in [3.63, 3.8) is 0 Å². The van der Waals surface area contributed by atoms with Crippen LogP contribution >= 0.6 is 0 Å². The van der Waals surface area contributed by atoms with Crippen LogP contribution in [0.4, 0.5) is 0 Å². The topological polar surface area (TPSA) is 43.1 Å². The van der Waals surface area contributed by atoms with E-state index in [-0.39, 0.29) is 0 Å². The van der Waals surface area contributed by atoms with Gasteiger partial charge in [0.2, 0.25) is 0 Å². The minimum absolute atomic E-state index is 0.605. The number of hydrogen-bond donors (Lipinski definition) is 0. The van der Waals surface area contributed by atoms with Crippen LogP contribution in [0.5, 0.6) is 0 Å². The summed E-state index contributed by atoms with van der Waals surface area (Å²) in [4.78, 5) is 14.8. The van der Waals surface area contributed by atoms with Gasteiger partial charge in [-0.15, -0.1) is 6.58 Å². The average Bonchev–Trinajstić information content (AvgIpc) is 2.67. The number of allylic oxidation sites excluding steroid dienone is 1. The molecule has 0 bridgehead atoms. The van der Waals surface area contributed by atoms with Crippen molar-refractivity contribution in [1.82, 2.24) is 4.98 Å². The van der Waals surface area contributed by atoms with Gasteiger partial charge in [-0.25, -0.2) is 4.98 Å². The van der Waals surface area contributed by atoms with Crippen molar-refractivity contribution in [2.75, 3.05) is 0 Å². The predicted molar refractivity (Wildman–Crippen MR) is 57.9 cm³/mol. The molecule has 0 unspecified atom stereocenters. The summed E-state index contributed by atoms with van der Waals surface area (Å²) >= 11 is 0. The summed E-state index contributed by atoms with van der Waals surface area (Å²) in [5.41, 5.74) is 2.06. The molecule has 0 aliphatic rings. The van der Waals surface area contributed by atoms with Crippen molar-refractivity contribution in [1.29, 1.82) is 0 Å². The summed E-state index contributed by atoms with van der Waals surface area (Å²) in [7, 11) is 0. The van der Waals surface area contributed by atoms with E-state index in [2.05, 4.69) is 11.6 Å². The van der Waals surface area contributed by atoms with E-state index in [0.29, 0.717) is 17.0 Å². The van der Waals surface area contributed by atoms with Crippen LogP contribution in [0.15, 0.2) is 35.3 Å². The molecule has 1 aromatic heterocycles. The number of carbonyl (C=O) groups excluding carboxylic acids is 1. The highest BCUT2D eigenvalue weighted by molar-refractivity contribution is 5.83. The summed E-state index contributed by atoms with van der Waals surface area (Å²) in [6.45, 7) is 3.64. The van der Waals surface area contributed by atoms with E-state index in [1.807, 2.05) is 6.08 Å². The summed E-state index contributed by atoms with van der Waals surface area (Å²) in [6.07, 6.45) is 4.21. The lowest BCUT2D eigenvalue weighted by Crippen LogP contribution is -1.81. The van der Waals surface area contributed by atoms with Gasteiger partial charge in [-0.2, -0.15) is 0 Å². The summed E-state index contributed by atoms with van der Waals surface area (Å²) in [6, 6.07) is 5.22. The van der Waals surface area contributed by atoms with E-state index in [4.69, 9.17) is 4.42 Å². The molecule has 0 fully saturated rings. The quantitative estimate of drug-likeness (QED) is 0.564. The molecule has 0 radical (unpaired) electrons. The van der Waals surface area contributed by atoms with Crippen LogP contribution in [0.1, 0.15) is 22.7 Å². The van der Waals surface area contributed by atoms with Gasteiger partial charge in [0.05, 0.1) is 0 Å². The van der Waals surface area contributed by atoms with Gasteiger partial charge in [-0.3, -0.25) is 4.79 Å². The first-order valence-electron chi connectivity index (χ1n) is 4.79. The second kappa shape index (κ2) is 4.09. The van der Waals surface area contributed by atoms with Crippen LogP contribution in [0, 0.1) is 0 Å². The molecular formula is C12H11NO2. The molecule has 76 valence electrons. The Hall–Kier alpha value is -1.90. The highest BCUT2D eigenvalue weighted by atomic mass is 16.3. The fourth-order valence-corrected chi connectivity index (χ4v) is 1.39. The smallest absolute Gasteiger partial charge is 0.195 e. The van der Waals surface area contributed by atoms with Gasteiger partial charge >= 0.3 is 0 Å². The normalized spacial score (nSPS) is 10.4. The van der Waals surface area contributed by atoms with E-state index < -0.39 is 0 Å². The molecule has 1 aromatic carbocycles. The molecule has 0 aliphatic carbocycles. The Morgan fingerprint density at radius 2 is 2.33 bits per heavy atom. The fraction of sp³-hybridized carbons (Fsp3) is 0.167. The largest absolute Gasteiger partial charge is 0.441 e. The Kier molecular flexibility index (Phi) is 2.63. The highest BCUT2D eigenvalue weighted by Crippen LogP contribution is 2.17. The second-order valence-corrected chi connectivity index (χ2v) is 3.28. The highest BCUT2D eigenvalue weighted by Gasteiger charge is 2.05. The van der Waals surface area contributed by atoms with Crippen LogP contribution < -0.4 is 0 Å². The van der Waals surface area contributed by atoms with Gasteiger partial charge in [0.15, 0.2) is 11.5 Å². The first-order valence-corrected chi connectivity index (χ1v) is 4.79. The van der Waals surface area contributed by atoms with Crippen molar-refractivity contribution >= 4 is 17.4 Å². The number of aryl methyl sites for hydroxylation is 1. The Bertz CT molecular complexity index is 499. The minimum atomic E-state index is 0.605. The zero-order valence-corrected chi connectivity index (χ0v) is 8.27. The van der Waals surface area contributed by atoms with E-state index >= 15 is 0 Å². The Labute approximate surface area is 87.4 Å². The number of aldehydes is 1. The van der Waals surface area contributed by atoms with Gasteiger partial charge in [0.1, 0.15) is 11.8 Å². The molecule has 2 aromatic rings. The second-order valence-electron chi connectivity index (χ2n) is 3.28. The summed E-state index contributed by atoms with van der Waals surface area (Å²) in [5.74, 6) is 0.688. The molecule has 2 rings (SSSR count). The van der Waals surface area contributed by atoms with Gasteiger partial charge < -0.3 is 4.42 Å². The molecule has 3 nitrogen and oxygen atoms in total. The number of fused-ring (bicyclic) bond motifs is 1. The van der Waals surface area contributed by atoms with E-state index in [1.54, 1.807) is 18.2 Å². The predicted octanol–water partition coefficient (Wildman–Crippen LogP) is 2.76. The molecule has 0 saturated heterocycles. The lowest BCUT2D eigenvalue weighted by atomic mass is 10.2. The Morgan fingerprint density at radius 3 is 3.07 bits per heavy atom. The van der Waals surface area contributed by atoms with Gasteiger partial charge in [0.25, 0.3) is 0 Å². The standard InChI is InChI=1S/C12H11NO2/c1-2-3-4-12-13-10-6-5-9(8-14)7-11(10)15-12/h2,5-8H,1,3-4H2. The third-order valence-corrected chi connectivity index (χ3v) is 2.16. The zero-order chi connectivity index (χ0) is 10.7. The van der Waals surface area contributed by atoms with Crippen molar-refractivity contribution in [2.45, 2.75) is 12.8 Å². The Morgan fingerprint density at radius 1 is 1.47 bits per heavy atom. The summed E-state index contributed by atoms with van der Waals surface area (Å²) in [5, 5.41) is 0. The lowest BCUT2D eigenvalue weighted by Gasteiger charge is -1.88. The molecule has 0 spiro atoms. The van der Waals surface area contributed by atoms with Crippen LogP contribution in [-0.2, 0) is 6.42 Å². The van der Waals surface area contributed by atoms with E-state index in [1.165, 1.54) is 0 Å². The molecule has 0 atom stereocenters. The van der Waals surface area contributed by atoms with Gasteiger partial charge in [0, 0.05) is 12.0 Å². The third-order valence-electron chi connectivity index (χ3n) is 2.16.